The van der Waals surface area contributed by atoms with Gasteiger partial charge in [0.25, 0.3) is 11.8 Å². The van der Waals surface area contributed by atoms with Crippen molar-refractivity contribution in [2.24, 2.45) is 5.18 Å². The first-order chi connectivity index (χ1) is 7.25. The highest BCUT2D eigenvalue weighted by Gasteiger charge is 2.21. The monoisotopic (exact) mass is 210 g/mol. The minimum absolute atomic E-state index is 0.227. The van der Waals surface area contributed by atoms with E-state index in [0.29, 0.717) is 13.1 Å². The first-order valence-electron chi connectivity index (χ1n) is 5.08. The molecule has 5 nitrogen and oxygen atoms in total. The highest BCUT2D eigenvalue weighted by Crippen LogP contribution is 2.07. The van der Waals surface area contributed by atoms with Crippen molar-refractivity contribution in [3.63, 3.8) is 0 Å². The average molecular weight is 210 g/mol. The van der Waals surface area contributed by atoms with Crippen molar-refractivity contribution in [2.75, 3.05) is 13.1 Å². The van der Waals surface area contributed by atoms with E-state index in [1.165, 1.54) is 17.1 Å². The maximum Gasteiger partial charge on any atom is 0.253 e. The van der Waals surface area contributed by atoms with Crippen LogP contribution in [0, 0.1) is 4.91 Å². The van der Waals surface area contributed by atoms with Gasteiger partial charge in [0.15, 0.2) is 0 Å². The van der Waals surface area contributed by atoms with Gasteiger partial charge in [-0.2, -0.15) is 4.91 Å². The summed E-state index contributed by atoms with van der Waals surface area (Å²) in [6, 6.07) is 0. The number of hydrogen-bond acceptors (Lipinski definition) is 4. The van der Waals surface area contributed by atoms with Gasteiger partial charge < -0.3 is 0 Å². The van der Waals surface area contributed by atoms with Crippen LogP contribution in [-0.2, 0) is 9.59 Å². The van der Waals surface area contributed by atoms with Crippen molar-refractivity contribution >= 4 is 11.8 Å². The molecule has 1 aliphatic heterocycles. The largest absolute Gasteiger partial charge is 0.275 e. The van der Waals surface area contributed by atoms with Crippen LogP contribution in [0.5, 0.6) is 0 Å². The Bertz CT molecular complexity index is 268. The second-order valence-corrected chi connectivity index (χ2v) is 3.43. The van der Waals surface area contributed by atoms with Gasteiger partial charge in [-0.25, -0.2) is 0 Å². The van der Waals surface area contributed by atoms with E-state index in [1.807, 2.05) is 0 Å². The number of rotatable bonds is 7. The van der Waals surface area contributed by atoms with Crippen LogP contribution < -0.4 is 0 Å². The number of amides is 2. The molecule has 0 aliphatic carbocycles. The van der Waals surface area contributed by atoms with Gasteiger partial charge in [0.1, 0.15) is 0 Å². The van der Waals surface area contributed by atoms with Crippen molar-refractivity contribution in [1.29, 1.82) is 0 Å². The van der Waals surface area contributed by atoms with Gasteiger partial charge in [-0.15, -0.1) is 0 Å². The number of nitrogens with zero attached hydrogens (tertiary/aromatic N) is 2. The SMILES string of the molecule is O=NCCCCCCN1C(=O)C=CC1=O. The molecular formula is C10H14N2O3. The Labute approximate surface area is 88.1 Å². The molecule has 0 aromatic rings. The van der Waals surface area contributed by atoms with Crippen LogP contribution in [0.25, 0.3) is 0 Å². The van der Waals surface area contributed by atoms with E-state index in [-0.39, 0.29) is 11.8 Å². The van der Waals surface area contributed by atoms with Crippen molar-refractivity contribution in [2.45, 2.75) is 25.7 Å². The summed E-state index contributed by atoms with van der Waals surface area (Å²) >= 11 is 0. The molecule has 0 saturated carbocycles. The third kappa shape index (κ3) is 3.61. The molecule has 0 unspecified atom stereocenters. The zero-order chi connectivity index (χ0) is 11.1. The lowest BCUT2D eigenvalue weighted by atomic mass is 10.2. The van der Waals surface area contributed by atoms with Crippen LogP contribution in [0.15, 0.2) is 17.3 Å². The third-order valence-corrected chi connectivity index (χ3v) is 2.28. The average Bonchev–Trinajstić information content (AvgIpc) is 2.54. The number of nitroso groups, excluding NO2 is 1. The summed E-state index contributed by atoms with van der Waals surface area (Å²) in [5.41, 5.74) is 0. The van der Waals surface area contributed by atoms with E-state index in [4.69, 9.17) is 0 Å². The van der Waals surface area contributed by atoms with Crippen LogP contribution in [0.4, 0.5) is 0 Å². The summed E-state index contributed by atoms with van der Waals surface area (Å²) < 4.78 is 0. The predicted octanol–water partition coefficient (Wildman–Crippen LogP) is 1.24. The van der Waals surface area contributed by atoms with E-state index in [2.05, 4.69) is 5.18 Å². The van der Waals surface area contributed by atoms with Gasteiger partial charge in [-0.05, 0) is 12.8 Å². The van der Waals surface area contributed by atoms with Crippen LogP contribution in [-0.4, -0.2) is 29.8 Å². The molecule has 5 heteroatoms. The van der Waals surface area contributed by atoms with Gasteiger partial charge in [0, 0.05) is 18.7 Å². The molecule has 0 atom stereocenters. The molecule has 1 aliphatic rings. The Balaban J connectivity index is 2.08. The lowest BCUT2D eigenvalue weighted by Crippen LogP contribution is -2.30. The Kier molecular flexibility index (Phi) is 4.66. The molecule has 0 N–H and O–H groups in total. The highest BCUT2D eigenvalue weighted by molar-refractivity contribution is 6.12. The molecule has 15 heavy (non-hydrogen) atoms. The molecule has 2 amide bonds. The minimum atomic E-state index is -0.227. The lowest BCUT2D eigenvalue weighted by Gasteiger charge is -2.12. The van der Waals surface area contributed by atoms with Gasteiger partial charge >= 0.3 is 0 Å². The molecule has 82 valence electrons. The molecule has 0 radical (unpaired) electrons. The summed E-state index contributed by atoms with van der Waals surface area (Å²) in [6.07, 6.45) is 5.97. The standard InChI is InChI=1S/C10H14N2O3/c13-9-5-6-10(14)12(9)8-4-2-1-3-7-11-15/h5-6H,1-4,7-8H2. The Morgan fingerprint density at radius 1 is 1.00 bits per heavy atom. The van der Waals surface area contributed by atoms with Crippen LogP contribution in [0.3, 0.4) is 0 Å². The van der Waals surface area contributed by atoms with Crippen LogP contribution >= 0.6 is 0 Å². The quantitative estimate of drug-likeness (QED) is 0.360. The predicted molar refractivity (Wildman–Crippen MR) is 55.0 cm³/mol. The van der Waals surface area contributed by atoms with E-state index >= 15 is 0 Å². The molecule has 1 rings (SSSR count). The normalized spacial score (nSPS) is 15.1. The number of carbonyl (C=O) groups excluding carboxylic acids is 2. The fourth-order valence-electron chi connectivity index (χ4n) is 1.45. The van der Waals surface area contributed by atoms with Crippen molar-refractivity contribution < 1.29 is 9.59 Å². The molecule has 1 heterocycles. The Morgan fingerprint density at radius 2 is 1.60 bits per heavy atom. The van der Waals surface area contributed by atoms with E-state index < -0.39 is 0 Å². The van der Waals surface area contributed by atoms with Crippen molar-refractivity contribution in [3.8, 4) is 0 Å². The zero-order valence-electron chi connectivity index (χ0n) is 8.52. The fraction of sp³-hybridized carbons (Fsp3) is 0.600. The van der Waals surface area contributed by atoms with Gasteiger partial charge in [0.05, 0.1) is 6.54 Å². The van der Waals surface area contributed by atoms with E-state index in [1.54, 1.807) is 0 Å². The van der Waals surface area contributed by atoms with Gasteiger partial charge in [-0.3, -0.25) is 14.5 Å². The second-order valence-electron chi connectivity index (χ2n) is 3.43. The molecule has 0 saturated heterocycles. The molecular weight excluding hydrogens is 196 g/mol. The van der Waals surface area contributed by atoms with E-state index in [0.717, 1.165) is 25.7 Å². The summed E-state index contributed by atoms with van der Waals surface area (Å²) in [5, 5.41) is 2.76. The van der Waals surface area contributed by atoms with E-state index in [9.17, 15) is 14.5 Å². The Morgan fingerprint density at radius 3 is 2.20 bits per heavy atom. The van der Waals surface area contributed by atoms with Crippen molar-refractivity contribution in [1.82, 2.24) is 4.90 Å². The maximum absolute atomic E-state index is 11.1. The molecule has 0 aromatic carbocycles. The summed E-state index contributed by atoms with van der Waals surface area (Å²) in [4.78, 5) is 33.2. The van der Waals surface area contributed by atoms with Crippen LogP contribution in [0.1, 0.15) is 25.7 Å². The molecule has 0 fully saturated rings. The Hall–Kier alpha value is -1.52. The maximum atomic E-state index is 11.1. The van der Waals surface area contributed by atoms with Gasteiger partial charge in [0.2, 0.25) is 0 Å². The number of imide groups is 1. The first-order valence-corrected chi connectivity index (χ1v) is 5.08. The number of carbonyl (C=O) groups is 2. The minimum Gasteiger partial charge on any atom is -0.275 e. The third-order valence-electron chi connectivity index (χ3n) is 2.28. The summed E-state index contributed by atoms with van der Waals surface area (Å²) in [5.74, 6) is -0.455. The molecule has 0 aromatic heterocycles. The number of hydrogen-bond donors (Lipinski definition) is 0. The smallest absolute Gasteiger partial charge is 0.253 e. The first kappa shape index (κ1) is 11.6. The van der Waals surface area contributed by atoms with Crippen molar-refractivity contribution in [3.05, 3.63) is 17.1 Å². The zero-order valence-corrected chi connectivity index (χ0v) is 8.52. The second kappa shape index (κ2) is 6.06. The topological polar surface area (TPSA) is 66.8 Å². The lowest BCUT2D eigenvalue weighted by molar-refractivity contribution is -0.136. The van der Waals surface area contributed by atoms with Gasteiger partial charge in [-0.1, -0.05) is 18.0 Å². The summed E-state index contributed by atoms with van der Waals surface area (Å²) in [6.45, 7) is 0.822. The van der Waals surface area contributed by atoms with Crippen LogP contribution in [0.2, 0.25) is 0 Å². The fourth-order valence-corrected chi connectivity index (χ4v) is 1.45. The number of unbranched alkanes of at least 4 members (excludes halogenated alkanes) is 3. The molecule has 0 spiro atoms. The molecule has 0 bridgehead atoms. The highest BCUT2D eigenvalue weighted by atomic mass is 16.3. The summed E-state index contributed by atoms with van der Waals surface area (Å²) in [7, 11) is 0.